The number of benzene rings is 1. The SMILES string of the molecule is C=Cc1ccc(CN2C=CN(CC(O)COCCCCCCCCCCCCCCCC)C2)cc1.I. The van der Waals surface area contributed by atoms with Crippen molar-refractivity contribution in [3.8, 4) is 0 Å². The zero-order valence-corrected chi connectivity index (χ0v) is 25.2. The Balaban J connectivity index is 0.00000648. The van der Waals surface area contributed by atoms with Crippen molar-refractivity contribution < 1.29 is 9.84 Å². The van der Waals surface area contributed by atoms with Crippen molar-refractivity contribution in [3.05, 3.63) is 54.4 Å². The molecule has 0 saturated carbocycles. The summed E-state index contributed by atoms with van der Waals surface area (Å²) < 4.78 is 5.73. The average Bonchev–Trinajstić information content (AvgIpc) is 3.30. The summed E-state index contributed by atoms with van der Waals surface area (Å²) in [5, 5.41) is 10.3. The van der Waals surface area contributed by atoms with Gasteiger partial charge < -0.3 is 19.6 Å². The van der Waals surface area contributed by atoms with E-state index >= 15 is 0 Å². The topological polar surface area (TPSA) is 35.9 Å². The van der Waals surface area contributed by atoms with Crippen molar-refractivity contribution in [1.82, 2.24) is 9.80 Å². The van der Waals surface area contributed by atoms with E-state index in [0.29, 0.717) is 13.2 Å². The molecule has 0 fully saturated rings. The molecule has 1 aromatic rings. The van der Waals surface area contributed by atoms with E-state index in [1.165, 1.54) is 89.0 Å². The Kier molecular flexibility index (Phi) is 20.1. The van der Waals surface area contributed by atoms with Gasteiger partial charge in [-0.3, -0.25) is 0 Å². The van der Waals surface area contributed by atoms with E-state index in [0.717, 1.165) is 31.8 Å². The van der Waals surface area contributed by atoms with Crippen LogP contribution in [0.1, 0.15) is 108 Å². The van der Waals surface area contributed by atoms with Crippen LogP contribution in [0.25, 0.3) is 6.08 Å². The predicted octanol–water partition coefficient (Wildman–Crippen LogP) is 8.35. The van der Waals surface area contributed by atoms with Crippen LogP contribution >= 0.6 is 24.0 Å². The average molecular weight is 613 g/mol. The number of rotatable bonds is 22. The summed E-state index contributed by atoms with van der Waals surface area (Å²) in [6.45, 7) is 9.56. The first kappa shape index (κ1) is 33.0. The number of aliphatic hydroxyl groups is 1. The van der Waals surface area contributed by atoms with Crippen LogP contribution in [0.4, 0.5) is 0 Å². The smallest absolute Gasteiger partial charge is 0.0948 e. The van der Waals surface area contributed by atoms with Gasteiger partial charge in [-0.05, 0) is 17.5 Å². The number of hydrogen-bond acceptors (Lipinski definition) is 4. The van der Waals surface area contributed by atoms with E-state index in [4.69, 9.17) is 4.74 Å². The second kappa shape index (κ2) is 22.0. The molecule has 206 valence electrons. The minimum absolute atomic E-state index is 0. The van der Waals surface area contributed by atoms with Crippen LogP contribution in [0, 0.1) is 0 Å². The highest BCUT2D eigenvalue weighted by atomic mass is 127. The minimum Gasteiger partial charge on any atom is -0.389 e. The van der Waals surface area contributed by atoms with Gasteiger partial charge in [0.05, 0.1) is 19.4 Å². The van der Waals surface area contributed by atoms with E-state index < -0.39 is 6.10 Å². The predicted molar refractivity (Wildman–Crippen MR) is 165 cm³/mol. The molecular formula is C31H53IN2O2. The number of hydrogen-bond donors (Lipinski definition) is 1. The van der Waals surface area contributed by atoms with Gasteiger partial charge in [-0.2, -0.15) is 0 Å². The van der Waals surface area contributed by atoms with Gasteiger partial charge in [-0.15, -0.1) is 24.0 Å². The number of unbranched alkanes of at least 4 members (excludes halogenated alkanes) is 13. The molecule has 1 heterocycles. The molecule has 1 unspecified atom stereocenters. The Bertz CT molecular complexity index is 680. The number of halogens is 1. The minimum atomic E-state index is -0.446. The molecule has 0 spiro atoms. The Morgan fingerprint density at radius 1 is 0.833 bits per heavy atom. The maximum absolute atomic E-state index is 10.3. The molecule has 1 N–H and O–H groups in total. The zero-order chi connectivity index (χ0) is 25.0. The van der Waals surface area contributed by atoms with Gasteiger partial charge in [0.1, 0.15) is 0 Å². The number of ether oxygens (including phenoxy) is 1. The van der Waals surface area contributed by atoms with Crippen molar-refractivity contribution in [3.63, 3.8) is 0 Å². The van der Waals surface area contributed by atoms with Crippen LogP contribution in [0.2, 0.25) is 0 Å². The van der Waals surface area contributed by atoms with Gasteiger partial charge in [0, 0.05) is 32.1 Å². The first-order valence-corrected chi connectivity index (χ1v) is 14.3. The normalized spacial score (nSPS) is 13.7. The summed E-state index contributed by atoms with van der Waals surface area (Å²) in [6.07, 6.45) is 24.7. The van der Waals surface area contributed by atoms with Crippen LogP contribution in [-0.2, 0) is 11.3 Å². The van der Waals surface area contributed by atoms with Crippen LogP contribution < -0.4 is 0 Å². The molecule has 0 aliphatic carbocycles. The molecule has 0 bridgehead atoms. The highest BCUT2D eigenvalue weighted by Gasteiger charge is 2.16. The van der Waals surface area contributed by atoms with Crippen molar-refractivity contribution in [2.24, 2.45) is 0 Å². The lowest BCUT2D eigenvalue weighted by Gasteiger charge is -2.23. The van der Waals surface area contributed by atoms with Gasteiger partial charge >= 0.3 is 0 Å². The molecule has 2 rings (SSSR count). The van der Waals surface area contributed by atoms with E-state index in [1.54, 1.807) is 0 Å². The summed E-state index contributed by atoms with van der Waals surface area (Å²) in [4.78, 5) is 4.41. The second-order valence-corrected chi connectivity index (χ2v) is 10.2. The van der Waals surface area contributed by atoms with Crippen molar-refractivity contribution in [2.45, 2.75) is 109 Å². The monoisotopic (exact) mass is 612 g/mol. The molecule has 0 saturated heterocycles. The Morgan fingerprint density at radius 2 is 1.36 bits per heavy atom. The van der Waals surface area contributed by atoms with E-state index in [2.05, 4.69) is 60.0 Å². The van der Waals surface area contributed by atoms with Crippen molar-refractivity contribution >= 4 is 30.1 Å². The zero-order valence-electron chi connectivity index (χ0n) is 22.9. The van der Waals surface area contributed by atoms with Crippen molar-refractivity contribution in [2.75, 3.05) is 26.4 Å². The molecule has 1 aromatic carbocycles. The maximum atomic E-state index is 10.3. The Morgan fingerprint density at radius 3 is 1.92 bits per heavy atom. The van der Waals surface area contributed by atoms with E-state index in [1.807, 2.05) is 6.08 Å². The first-order valence-electron chi connectivity index (χ1n) is 14.3. The lowest BCUT2D eigenvalue weighted by atomic mass is 10.0. The third-order valence-electron chi connectivity index (χ3n) is 6.85. The fourth-order valence-corrected chi connectivity index (χ4v) is 4.67. The summed E-state index contributed by atoms with van der Waals surface area (Å²) in [6, 6.07) is 8.49. The second-order valence-electron chi connectivity index (χ2n) is 10.2. The molecule has 0 radical (unpaired) electrons. The van der Waals surface area contributed by atoms with E-state index in [-0.39, 0.29) is 24.0 Å². The lowest BCUT2D eigenvalue weighted by molar-refractivity contribution is 0.0200. The van der Waals surface area contributed by atoms with Crippen LogP contribution in [0.3, 0.4) is 0 Å². The molecule has 1 aliphatic heterocycles. The molecule has 0 aromatic heterocycles. The van der Waals surface area contributed by atoms with Gasteiger partial charge in [-0.25, -0.2) is 0 Å². The molecule has 1 atom stereocenters. The van der Waals surface area contributed by atoms with Gasteiger partial charge in [-0.1, -0.05) is 127 Å². The first-order chi connectivity index (χ1) is 17.2. The maximum Gasteiger partial charge on any atom is 0.0948 e. The van der Waals surface area contributed by atoms with Gasteiger partial charge in [0.15, 0.2) is 0 Å². The Labute approximate surface area is 239 Å². The fraction of sp³-hybridized carbons (Fsp3) is 0.677. The molecule has 5 heteroatoms. The van der Waals surface area contributed by atoms with Crippen LogP contribution in [0.15, 0.2) is 43.2 Å². The summed E-state index contributed by atoms with van der Waals surface area (Å²) in [5.74, 6) is 0. The molecule has 4 nitrogen and oxygen atoms in total. The lowest BCUT2D eigenvalue weighted by Crippen LogP contribution is -2.34. The third-order valence-corrected chi connectivity index (χ3v) is 6.85. The highest BCUT2D eigenvalue weighted by Crippen LogP contribution is 2.15. The summed E-state index contributed by atoms with van der Waals surface area (Å²) in [5.41, 5.74) is 2.42. The van der Waals surface area contributed by atoms with Crippen LogP contribution in [0.5, 0.6) is 0 Å². The standard InChI is InChI=1S/C31H52N2O2.HI/c1-3-5-6-7-8-9-10-11-12-13-14-15-16-17-24-35-27-31(34)26-33-23-22-32(28-33)25-30-20-18-29(4-2)19-21-30;/h4,18-23,31,34H,2-3,5-17,24-28H2,1H3;1H. The number of β-amino-alcohol motifs (C(OH)–C–C–N with tert-alkyl or cyclic N) is 1. The molecule has 36 heavy (non-hydrogen) atoms. The number of aliphatic hydroxyl groups excluding tert-OH is 1. The quantitative estimate of drug-likeness (QED) is 0.106. The number of nitrogens with zero attached hydrogens (tertiary/aromatic N) is 2. The van der Waals surface area contributed by atoms with Gasteiger partial charge in [0.25, 0.3) is 0 Å². The van der Waals surface area contributed by atoms with Gasteiger partial charge in [0.2, 0.25) is 0 Å². The molecule has 0 amide bonds. The largest absolute Gasteiger partial charge is 0.389 e. The summed E-state index contributed by atoms with van der Waals surface area (Å²) in [7, 11) is 0. The van der Waals surface area contributed by atoms with Crippen molar-refractivity contribution in [1.29, 1.82) is 0 Å². The third kappa shape index (κ3) is 15.9. The fourth-order valence-electron chi connectivity index (χ4n) is 4.67. The molecular weight excluding hydrogens is 559 g/mol. The highest BCUT2D eigenvalue weighted by molar-refractivity contribution is 14.0. The van der Waals surface area contributed by atoms with E-state index in [9.17, 15) is 5.11 Å². The molecule has 1 aliphatic rings. The summed E-state index contributed by atoms with van der Waals surface area (Å²) >= 11 is 0. The Hall–Kier alpha value is -1.05. The van der Waals surface area contributed by atoms with Crippen LogP contribution in [-0.4, -0.2) is 47.4 Å².